The average molecular weight is 274 g/mol. The summed E-state index contributed by atoms with van der Waals surface area (Å²) in [5.41, 5.74) is 0.965. The number of hydrogen-bond donors (Lipinski definition) is 0. The van der Waals surface area contributed by atoms with E-state index in [1.165, 1.54) is 0 Å². The number of hydrogen-bond acceptors (Lipinski definition) is 4. The molecule has 0 heterocycles. The van der Waals surface area contributed by atoms with Gasteiger partial charge in [-0.3, -0.25) is 4.79 Å². The second-order valence-corrected chi connectivity index (χ2v) is 3.91. The lowest BCUT2D eigenvalue weighted by Crippen LogP contribution is -2.09. The molecule has 0 bridgehead atoms. The van der Waals surface area contributed by atoms with E-state index in [4.69, 9.17) is 9.47 Å². The van der Waals surface area contributed by atoms with Crippen molar-refractivity contribution in [2.45, 2.75) is 13.3 Å². The molecule has 0 aliphatic rings. The molecule has 0 amide bonds. The van der Waals surface area contributed by atoms with E-state index < -0.39 is 0 Å². The van der Waals surface area contributed by atoms with Crippen LogP contribution in [0.3, 0.4) is 0 Å². The Labute approximate surface area is 118 Å². The summed E-state index contributed by atoms with van der Waals surface area (Å²) in [6.07, 6.45) is 4.41. The van der Waals surface area contributed by atoms with Crippen molar-refractivity contribution < 1.29 is 19.1 Å². The molecular weight excluding hydrogens is 256 g/mol. The molecule has 0 spiro atoms. The SMILES string of the molecule is C=CC/C(=C\COc1ccccc1C=O)C(=O)OCC. The maximum Gasteiger partial charge on any atom is 0.334 e. The zero-order valence-corrected chi connectivity index (χ0v) is 11.5. The minimum atomic E-state index is -0.375. The molecule has 4 nitrogen and oxygen atoms in total. The van der Waals surface area contributed by atoms with E-state index in [1.54, 1.807) is 43.3 Å². The number of allylic oxidation sites excluding steroid dienone is 1. The van der Waals surface area contributed by atoms with Gasteiger partial charge < -0.3 is 9.47 Å². The number of para-hydroxylation sites is 1. The predicted molar refractivity (Wildman–Crippen MR) is 76.9 cm³/mol. The van der Waals surface area contributed by atoms with Crippen molar-refractivity contribution in [1.82, 2.24) is 0 Å². The molecule has 0 aliphatic heterocycles. The third kappa shape index (κ3) is 4.72. The number of aldehydes is 1. The zero-order valence-electron chi connectivity index (χ0n) is 11.5. The van der Waals surface area contributed by atoms with Crippen LogP contribution >= 0.6 is 0 Å². The Balaban J connectivity index is 2.70. The molecule has 0 N–H and O–H groups in total. The number of esters is 1. The molecule has 4 heteroatoms. The van der Waals surface area contributed by atoms with Crippen molar-refractivity contribution in [3.8, 4) is 5.75 Å². The van der Waals surface area contributed by atoms with E-state index in [0.29, 0.717) is 29.9 Å². The molecule has 20 heavy (non-hydrogen) atoms. The molecule has 1 aromatic rings. The van der Waals surface area contributed by atoms with Gasteiger partial charge in [0.1, 0.15) is 12.4 Å². The normalized spacial score (nSPS) is 10.8. The summed E-state index contributed by atoms with van der Waals surface area (Å²) in [4.78, 5) is 22.5. The number of ether oxygens (including phenoxy) is 2. The molecule has 0 saturated carbocycles. The van der Waals surface area contributed by atoms with Gasteiger partial charge in [0.15, 0.2) is 6.29 Å². The zero-order chi connectivity index (χ0) is 14.8. The largest absolute Gasteiger partial charge is 0.489 e. The summed E-state index contributed by atoms with van der Waals surface area (Å²) in [5.74, 6) is 0.111. The fourth-order valence-electron chi connectivity index (χ4n) is 1.57. The Bertz CT molecular complexity index is 503. The summed E-state index contributed by atoms with van der Waals surface area (Å²) < 4.78 is 10.4. The highest BCUT2D eigenvalue weighted by atomic mass is 16.5. The minimum absolute atomic E-state index is 0.187. The molecule has 1 aromatic carbocycles. The first-order valence-electron chi connectivity index (χ1n) is 6.37. The Morgan fingerprint density at radius 1 is 1.35 bits per heavy atom. The van der Waals surface area contributed by atoms with E-state index in [1.807, 2.05) is 0 Å². The van der Waals surface area contributed by atoms with Crippen LogP contribution in [0.4, 0.5) is 0 Å². The maximum absolute atomic E-state index is 11.6. The Morgan fingerprint density at radius 3 is 2.75 bits per heavy atom. The van der Waals surface area contributed by atoms with Gasteiger partial charge in [-0.2, -0.15) is 0 Å². The minimum Gasteiger partial charge on any atom is -0.489 e. The molecule has 0 saturated heterocycles. The van der Waals surface area contributed by atoms with Crippen molar-refractivity contribution >= 4 is 12.3 Å². The van der Waals surface area contributed by atoms with E-state index in [0.717, 1.165) is 6.29 Å². The first kappa shape index (κ1) is 15.7. The van der Waals surface area contributed by atoms with Gasteiger partial charge in [-0.1, -0.05) is 18.2 Å². The molecular formula is C16H18O4. The summed E-state index contributed by atoms with van der Waals surface area (Å²) in [6, 6.07) is 6.91. The van der Waals surface area contributed by atoms with Gasteiger partial charge in [0.2, 0.25) is 0 Å². The van der Waals surface area contributed by atoms with Gasteiger partial charge in [0.05, 0.1) is 12.2 Å². The van der Waals surface area contributed by atoms with Crippen molar-refractivity contribution in [1.29, 1.82) is 0 Å². The standard InChI is InChI=1S/C16H18O4/c1-3-7-13(16(18)19-4-2)10-11-20-15-9-6-5-8-14(15)12-17/h3,5-6,8-10,12H,1,4,7,11H2,2H3/b13-10+. The molecule has 1 rings (SSSR count). The lowest BCUT2D eigenvalue weighted by atomic mass is 10.2. The van der Waals surface area contributed by atoms with Crippen molar-refractivity contribution in [3.05, 3.63) is 54.1 Å². The highest BCUT2D eigenvalue weighted by Crippen LogP contribution is 2.16. The monoisotopic (exact) mass is 274 g/mol. The highest BCUT2D eigenvalue weighted by molar-refractivity contribution is 5.88. The fourth-order valence-corrected chi connectivity index (χ4v) is 1.57. The van der Waals surface area contributed by atoms with Gasteiger partial charge in [0.25, 0.3) is 0 Å². The van der Waals surface area contributed by atoms with Crippen LogP contribution in [0.25, 0.3) is 0 Å². The number of rotatable bonds is 8. The van der Waals surface area contributed by atoms with Crippen LogP contribution in [-0.4, -0.2) is 25.5 Å². The summed E-state index contributed by atoms with van der Waals surface area (Å²) in [6.45, 7) is 5.86. The average Bonchev–Trinajstić information content (AvgIpc) is 2.47. The molecule has 106 valence electrons. The quantitative estimate of drug-likeness (QED) is 0.316. The first-order chi connectivity index (χ1) is 9.72. The first-order valence-corrected chi connectivity index (χ1v) is 6.37. The molecule has 0 atom stereocenters. The van der Waals surface area contributed by atoms with Crippen LogP contribution < -0.4 is 4.74 Å². The third-order valence-corrected chi connectivity index (χ3v) is 2.52. The second-order valence-electron chi connectivity index (χ2n) is 3.91. The third-order valence-electron chi connectivity index (χ3n) is 2.52. The van der Waals surface area contributed by atoms with E-state index >= 15 is 0 Å². The van der Waals surface area contributed by atoms with E-state index in [-0.39, 0.29) is 12.6 Å². The van der Waals surface area contributed by atoms with Gasteiger partial charge >= 0.3 is 5.97 Å². The molecule has 0 fully saturated rings. The van der Waals surface area contributed by atoms with Crippen molar-refractivity contribution in [3.63, 3.8) is 0 Å². The van der Waals surface area contributed by atoms with Gasteiger partial charge in [0, 0.05) is 5.57 Å². The van der Waals surface area contributed by atoms with Crippen LogP contribution in [0.15, 0.2) is 48.6 Å². The van der Waals surface area contributed by atoms with Crippen molar-refractivity contribution in [2.75, 3.05) is 13.2 Å². The smallest absolute Gasteiger partial charge is 0.334 e. The topological polar surface area (TPSA) is 52.6 Å². The molecule has 0 aromatic heterocycles. The Kier molecular flexibility index (Phi) is 6.82. The lowest BCUT2D eigenvalue weighted by molar-refractivity contribution is -0.138. The van der Waals surface area contributed by atoms with Crippen LogP contribution in [0, 0.1) is 0 Å². The van der Waals surface area contributed by atoms with Gasteiger partial charge in [-0.05, 0) is 31.6 Å². The van der Waals surface area contributed by atoms with Crippen LogP contribution in [0.1, 0.15) is 23.7 Å². The number of carbonyl (C=O) groups is 2. The Hall–Kier alpha value is -2.36. The fraction of sp³-hybridized carbons (Fsp3) is 0.250. The van der Waals surface area contributed by atoms with Gasteiger partial charge in [-0.15, -0.1) is 6.58 Å². The lowest BCUT2D eigenvalue weighted by Gasteiger charge is -2.07. The number of benzene rings is 1. The van der Waals surface area contributed by atoms with E-state index in [9.17, 15) is 9.59 Å². The van der Waals surface area contributed by atoms with Crippen LogP contribution in [-0.2, 0) is 9.53 Å². The summed E-state index contributed by atoms with van der Waals surface area (Å²) in [5, 5.41) is 0. The molecule has 0 radical (unpaired) electrons. The second kappa shape index (κ2) is 8.69. The van der Waals surface area contributed by atoms with Crippen molar-refractivity contribution in [2.24, 2.45) is 0 Å². The molecule has 0 unspecified atom stereocenters. The maximum atomic E-state index is 11.6. The highest BCUT2D eigenvalue weighted by Gasteiger charge is 2.08. The van der Waals surface area contributed by atoms with Crippen LogP contribution in [0.2, 0.25) is 0 Å². The Morgan fingerprint density at radius 2 is 2.10 bits per heavy atom. The van der Waals surface area contributed by atoms with Gasteiger partial charge in [-0.25, -0.2) is 4.79 Å². The predicted octanol–water partition coefficient (Wildman–Crippen LogP) is 2.94. The summed E-state index contributed by atoms with van der Waals surface area (Å²) >= 11 is 0. The van der Waals surface area contributed by atoms with E-state index in [2.05, 4.69) is 6.58 Å². The molecule has 0 aliphatic carbocycles. The van der Waals surface area contributed by atoms with Crippen LogP contribution in [0.5, 0.6) is 5.75 Å². The summed E-state index contributed by atoms with van der Waals surface area (Å²) in [7, 11) is 0. The number of carbonyl (C=O) groups excluding carboxylic acids is 2.